The minimum absolute atomic E-state index is 0.270. The van der Waals surface area contributed by atoms with Gasteiger partial charge in [0.25, 0.3) is 0 Å². The smallest absolute Gasteiger partial charge is 0.312 e. The third kappa shape index (κ3) is 4.18. The molecule has 0 saturated heterocycles. The molecule has 1 aliphatic rings. The van der Waals surface area contributed by atoms with E-state index in [1.54, 1.807) is 18.2 Å². The number of nitrogens with zero attached hydrogens (tertiary/aromatic N) is 1. The fourth-order valence-electron chi connectivity index (χ4n) is 3.06. The third-order valence-electron chi connectivity index (χ3n) is 3.90. The van der Waals surface area contributed by atoms with E-state index in [1.165, 1.54) is 7.11 Å². The summed E-state index contributed by atoms with van der Waals surface area (Å²) in [4.78, 5) is 16.5. The van der Waals surface area contributed by atoms with Gasteiger partial charge in [0, 0.05) is 18.2 Å². The van der Waals surface area contributed by atoms with Gasteiger partial charge in [-0.25, -0.2) is 18.1 Å². The van der Waals surface area contributed by atoms with Crippen LogP contribution in [0.1, 0.15) is 25.0 Å². The van der Waals surface area contributed by atoms with Crippen molar-refractivity contribution in [2.24, 2.45) is 5.41 Å². The van der Waals surface area contributed by atoms with E-state index in [-0.39, 0.29) is 12.0 Å². The molecule has 1 heterocycles. The van der Waals surface area contributed by atoms with Crippen molar-refractivity contribution in [3.8, 4) is 0 Å². The molecule has 1 aromatic rings. The van der Waals surface area contributed by atoms with Crippen LogP contribution in [0.15, 0.2) is 18.2 Å². The molecule has 2 rings (SSSR count). The number of ether oxygens (including phenoxy) is 1. The highest BCUT2D eigenvalue weighted by Crippen LogP contribution is 2.42. The number of hydrogen-bond acceptors (Lipinski definition) is 5. The fraction of sp³-hybridized carbons (Fsp3) is 0.571. The molecule has 122 valence electrons. The van der Waals surface area contributed by atoms with Gasteiger partial charge in [0.15, 0.2) is 0 Å². The van der Waals surface area contributed by atoms with Crippen molar-refractivity contribution in [3.63, 3.8) is 0 Å². The second-order valence-electron chi connectivity index (χ2n) is 5.73. The molecule has 0 bridgehead atoms. The fourth-order valence-corrected chi connectivity index (χ4v) is 4.05. The molecule has 0 aromatic carbocycles. The van der Waals surface area contributed by atoms with Crippen LogP contribution in [0.3, 0.4) is 0 Å². The Kier molecular flexibility index (Phi) is 5.09. The molecule has 6 nitrogen and oxygen atoms in total. The maximum Gasteiger partial charge on any atom is 0.312 e. The summed E-state index contributed by atoms with van der Waals surface area (Å²) in [6, 6.07) is 4.97. The number of carbonyl (C=O) groups excluding carboxylic acids is 1. The second kappa shape index (κ2) is 6.52. The first-order valence-electron chi connectivity index (χ1n) is 6.91. The summed E-state index contributed by atoms with van der Waals surface area (Å²) in [5, 5.41) is 0.362. The predicted molar refractivity (Wildman–Crippen MR) is 83.0 cm³/mol. The number of nitrogens with one attached hydrogen (secondary N) is 1. The van der Waals surface area contributed by atoms with Gasteiger partial charge in [-0.05, 0) is 31.4 Å². The molecule has 0 aliphatic heterocycles. The summed E-state index contributed by atoms with van der Waals surface area (Å²) in [6.07, 6.45) is 3.01. The summed E-state index contributed by atoms with van der Waals surface area (Å²) in [5.41, 5.74) is -0.0766. The Morgan fingerprint density at radius 3 is 2.86 bits per heavy atom. The summed E-state index contributed by atoms with van der Waals surface area (Å²) < 4.78 is 30.3. The first-order chi connectivity index (χ1) is 10.2. The molecule has 2 atom stereocenters. The van der Waals surface area contributed by atoms with Crippen LogP contribution in [0, 0.1) is 5.41 Å². The number of esters is 1. The first kappa shape index (κ1) is 17.2. The number of pyridine rings is 1. The van der Waals surface area contributed by atoms with E-state index in [2.05, 4.69) is 9.71 Å². The van der Waals surface area contributed by atoms with Crippen molar-refractivity contribution in [2.75, 3.05) is 13.4 Å². The highest BCUT2D eigenvalue weighted by atomic mass is 35.5. The molecule has 1 saturated carbocycles. The van der Waals surface area contributed by atoms with E-state index in [0.717, 1.165) is 6.26 Å². The van der Waals surface area contributed by atoms with E-state index in [4.69, 9.17) is 16.3 Å². The van der Waals surface area contributed by atoms with Crippen LogP contribution in [0.5, 0.6) is 0 Å². The Hall–Kier alpha value is -1.18. The van der Waals surface area contributed by atoms with Gasteiger partial charge < -0.3 is 4.74 Å². The van der Waals surface area contributed by atoms with Crippen molar-refractivity contribution >= 4 is 27.6 Å². The lowest BCUT2D eigenvalue weighted by Crippen LogP contribution is -2.37. The predicted octanol–water partition coefficient (Wildman–Crippen LogP) is 1.54. The largest absolute Gasteiger partial charge is 0.469 e. The average Bonchev–Trinajstić information content (AvgIpc) is 2.79. The summed E-state index contributed by atoms with van der Waals surface area (Å²) in [6.45, 7) is 0. The first-order valence-corrected chi connectivity index (χ1v) is 9.18. The molecule has 22 heavy (non-hydrogen) atoms. The third-order valence-corrected chi connectivity index (χ3v) is 4.87. The van der Waals surface area contributed by atoms with Crippen LogP contribution in [-0.4, -0.2) is 38.8 Å². The van der Waals surface area contributed by atoms with Gasteiger partial charge >= 0.3 is 5.97 Å². The van der Waals surface area contributed by atoms with Crippen molar-refractivity contribution in [1.82, 2.24) is 9.71 Å². The van der Waals surface area contributed by atoms with Crippen LogP contribution in [-0.2, 0) is 26.0 Å². The van der Waals surface area contributed by atoms with Crippen LogP contribution in [0.2, 0.25) is 5.15 Å². The SMILES string of the molecule is COC(=O)[C@@]1(Cc2cccc(Cl)n2)CC[C@H](NS(C)(=O)=O)C1. The van der Waals surface area contributed by atoms with Gasteiger partial charge in [0.1, 0.15) is 5.15 Å². The standard InChI is InChI=1S/C14H19ClN2O4S/c1-21-13(18)14(8-10-4-3-5-12(15)16-10)7-6-11(9-14)17-22(2,19)20/h3-5,11,17H,6-9H2,1-2H3/t11-,14+/m0/s1. The Morgan fingerprint density at radius 2 is 2.27 bits per heavy atom. The maximum atomic E-state index is 12.3. The molecule has 0 unspecified atom stereocenters. The lowest BCUT2D eigenvalue weighted by Gasteiger charge is -2.26. The topological polar surface area (TPSA) is 85.4 Å². The van der Waals surface area contributed by atoms with Crippen molar-refractivity contribution in [1.29, 1.82) is 0 Å². The van der Waals surface area contributed by atoms with E-state index < -0.39 is 15.4 Å². The number of aromatic nitrogens is 1. The van der Waals surface area contributed by atoms with E-state index in [1.807, 2.05) is 0 Å². The quantitative estimate of drug-likeness (QED) is 0.645. The molecule has 1 aromatic heterocycles. The van der Waals surface area contributed by atoms with Gasteiger partial charge in [0.05, 0.1) is 18.8 Å². The zero-order valence-corrected chi connectivity index (χ0v) is 14.1. The molecule has 0 spiro atoms. The maximum absolute atomic E-state index is 12.3. The Bertz CT molecular complexity index is 665. The zero-order chi connectivity index (χ0) is 16.4. The minimum atomic E-state index is -3.31. The normalized spacial score (nSPS) is 25.1. The Labute approximate surface area is 135 Å². The van der Waals surface area contributed by atoms with Gasteiger partial charge in [-0.2, -0.15) is 0 Å². The lowest BCUT2D eigenvalue weighted by molar-refractivity contribution is -0.152. The summed E-state index contributed by atoms with van der Waals surface area (Å²) in [5.74, 6) is -0.341. The number of methoxy groups -OCH3 is 1. The van der Waals surface area contributed by atoms with E-state index in [9.17, 15) is 13.2 Å². The molecule has 0 radical (unpaired) electrons. The molecule has 1 N–H and O–H groups in total. The van der Waals surface area contributed by atoms with Crippen molar-refractivity contribution in [2.45, 2.75) is 31.7 Å². The molecular weight excluding hydrogens is 328 g/mol. The monoisotopic (exact) mass is 346 g/mol. The van der Waals surface area contributed by atoms with Gasteiger partial charge in [-0.3, -0.25) is 4.79 Å². The Balaban J connectivity index is 2.22. The number of carbonyl (C=O) groups is 1. The highest BCUT2D eigenvalue weighted by molar-refractivity contribution is 7.88. The molecule has 1 fully saturated rings. The molecule has 8 heteroatoms. The van der Waals surface area contributed by atoms with Crippen LogP contribution in [0.25, 0.3) is 0 Å². The molecular formula is C14H19ClN2O4S. The molecule has 0 amide bonds. The van der Waals surface area contributed by atoms with Gasteiger partial charge in [0.2, 0.25) is 10.0 Å². The average molecular weight is 347 g/mol. The molecule has 1 aliphatic carbocycles. The lowest BCUT2D eigenvalue weighted by atomic mass is 9.81. The summed E-state index contributed by atoms with van der Waals surface area (Å²) in [7, 11) is -1.97. The van der Waals surface area contributed by atoms with Crippen LogP contribution in [0.4, 0.5) is 0 Å². The second-order valence-corrected chi connectivity index (χ2v) is 7.90. The van der Waals surface area contributed by atoms with Crippen molar-refractivity contribution in [3.05, 3.63) is 29.0 Å². The number of hydrogen-bond donors (Lipinski definition) is 1. The summed E-state index contributed by atoms with van der Waals surface area (Å²) >= 11 is 5.89. The zero-order valence-electron chi connectivity index (χ0n) is 12.5. The van der Waals surface area contributed by atoms with Crippen LogP contribution >= 0.6 is 11.6 Å². The van der Waals surface area contributed by atoms with Crippen molar-refractivity contribution < 1.29 is 17.9 Å². The highest BCUT2D eigenvalue weighted by Gasteiger charge is 2.47. The Morgan fingerprint density at radius 1 is 1.55 bits per heavy atom. The van der Waals surface area contributed by atoms with E-state index in [0.29, 0.717) is 36.5 Å². The van der Waals surface area contributed by atoms with Gasteiger partial charge in [-0.15, -0.1) is 0 Å². The number of sulfonamides is 1. The minimum Gasteiger partial charge on any atom is -0.469 e. The van der Waals surface area contributed by atoms with Crippen LogP contribution < -0.4 is 4.72 Å². The van der Waals surface area contributed by atoms with Gasteiger partial charge in [-0.1, -0.05) is 17.7 Å². The number of halogens is 1. The number of rotatable bonds is 5. The van der Waals surface area contributed by atoms with E-state index >= 15 is 0 Å².